The van der Waals surface area contributed by atoms with E-state index in [4.69, 9.17) is 23.2 Å². The van der Waals surface area contributed by atoms with Crippen molar-refractivity contribution in [1.82, 2.24) is 15.3 Å². The van der Waals surface area contributed by atoms with Gasteiger partial charge in [0.05, 0.1) is 6.42 Å². The number of rotatable bonds is 4. The zero-order chi connectivity index (χ0) is 16.3. The van der Waals surface area contributed by atoms with Gasteiger partial charge in [0.2, 0.25) is 5.91 Å². The molecule has 2 rings (SSSR count). The van der Waals surface area contributed by atoms with Crippen LogP contribution in [0.3, 0.4) is 0 Å². The molecule has 1 amide bonds. The third kappa shape index (κ3) is 4.08. The average Bonchev–Trinajstić information content (AvgIpc) is 2.42. The fourth-order valence-corrected chi connectivity index (χ4v) is 2.57. The summed E-state index contributed by atoms with van der Waals surface area (Å²) in [6.07, 6.45) is 0.145. The Morgan fingerprint density at radius 1 is 1.32 bits per heavy atom. The van der Waals surface area contributed by atoms with Crippen LogP contribution in [0.5, 0.6) is 0 Å². The molecule has 116 valence electrons. The number of nitrogens with zero attached hydrogens (tertiary/aromatic N) is 1. The maximum Gasteiger partial charge on any atom is 0.345 e. The van der Waals surface area contributed by atoms with E-state index in [9.17, 15) is 9.59 Å². The van der Waals surface area contributed by atoms with Crippen molar-refractivity contribution in [3.8, 4) is 0 Å². The van der Waals surface area contributed by atoms with Crippen molar-refractivity contribution < 1.29 is 4.79 Å². The molecule has 5 nitrogen and oxygen atoms in total. The first-order chi connectivity index (χ1) is 10.4. The molecule has 2 N–H and O–H groups in total. The van der Waals surface area contributed by atoms with Crippen LogP contribution in [0.25, 0.3) is 0 Å². The SMILES string of the molecule is Cc1nc(=O)[nH]c(C)c1CC(=O)NCc1ccc(Cl)cc1Cl. The van der Waals surface area contributed by atoms with E-state index in [-0.39, 0.29) is 12.3 Å². The monoisotopic (exact) mass is 339 g/mol. The summed E-state index contributed by atoms with van der Waals surface area (Å²) in [5.74, 6) is -0.175. The molecule has 0 bridgehead atoms. The molecule has 1 aromatic carbocycles. The minimum Gasteiger partial charge on any atom is -0.352 e. The van der Waals surface area contributed by atoms with E-state index in [0.29, 0.717) is 28.0 Å². The van der Waals surface area contributed by atoms with Gasteiger partial charge in [-0.2, -0.15) is 4.98 Å². The largest absolute Gasteiger partial charge is 0.352 e. The van der Waals surface area contributed by atoms with Gasteiger partial charge in [0.15, 0.2) is 0 Å². The number of aromatic amines is 1. The van der Waals surface area contributed by atoms with Crippen molar-refractivity contribution >= 4 is 29.1 Å². The van der Waals surface area contributed by atoms with Gasteiger partial charge < -0.3 is 10.3 Å². The number of halogens is 2. The molecule has 0 aliphatic heterocycles. The highest BCUT2D eigenvalue weighted by atomic mass is 35.5. The third-order valence-corrected chi connectivity index (χ3v) is 3.87. The van der Waals surface area contributed by atoms with Gasteiger partial charge in [-0.25, -0.2) is 4.79 Å². The number of aryl methyl sites for hydroxylation is 2. The van der Waals surface area contributed by atoms with Crippen molar-refractivity contribution in [2.75, 3.05) is 0 Å². The molecule has 2 aromatic rings. The third-order valence-electron chi connectivity index (χ3n) is 3.28. The Bertz CT molecular complexity index is 746. The van der Waals surface area contributed by atoms with Crippen LogP contribution < -0.4 is 11.0 Å². The number of carbonyl (C=O) groups is 1. The Balaban J connectivity index is 2.03. The molecular weight excluding hydrogens is 325 g/mol. The minimum absolute atomic E-state index is 0.145. The number of hydrogen-bond donors (Lipinski definition) is 2. The second kappa shape index (κ2) is 6.94. The van der Waals surface area contributed by atoms with Crippen molar-refractivity contribution in [1.29, 1.82) is 0 Å². The molecule has 0 aliphatic rings. The van der Waals surface area contributed by atoms with Gasteiger partial charge in [0.25, 0.3) is 0 Å². The van der Waals surface area contributed by atoms with E-state index in [1.807, 2.05) is 0 Å². The number of nitrogens with one attached hydrogen (secondary N) is 2. The lowest BCUT2D eigenvalue weighted by Gasteiger charge is -2.10. The average molecular weight is 340 g/mol. The lowest BCUT2D eigenvalue weighted by atomic mass is 10.1. The van der Waals surface area contributed by atoms with Crippen molar-refractivity contribution in [2.24, 2.45) is 0 Å². The Labute approximate surface area is 137 Å². The van der Waals surface area contributed by atoms with Gasteiger partial charge in [-0.1, -0.05) is 29.3 Å². The first-order valence-corrected chi connectivity index (χ1v) is 7.39. The summed E-state index contributed by atoms with van der Waals surface area (Å²) in [6.45, 7) is 3.76. The maximum atomic E-state index is 12.1. The lowest BCUT2D eigenvalue weighted by Crippen LogP contribution is -2.27. The van der Waals surface area contributed by atoms with Crippen LogP contribution in [0, 0.1) is 13.8 Å². The van der Waals surface area contributed by atoms with Crippen molar-refractivity contribution in [2.45, 2.75) is 26.8 Å². The maximum absolute atomic E-state index is 12.1. The molecule has 0 saturated carbocycles. The van der Waals surface area contributed by atoms with E-state index in [0.717, 1.165) is 11.1 Å². The summed E-state index contributed by atoms with van der Waals surface area (Å²) < 4.78 is 0. The molecule has 0 saturated heterocycles. The van der Waals surface area contributed by atoms with E-state index in [1.165, 1.54) is 0 Å². The summed E-state index contributed by atoms with van der Waals surface area (Å²) in [6, 6.07) is 5.11. The summed E-state index contributed by atoms with van der Waals surface area (Å²) in [4.78, 5) is 29.7. The molecule has 7 heteroatoms. The van der Waals surface area contributed by atoms with Crippen LogP contribution in [0.15, 0.2) is 23.0 Å². The molecule has 0 radical (unpaired) electrons. The number of carbonyl (C=O) groups excluding carboxylic acids is 1. The lowest BCUT2D eigenvalue weighted by molar-refractivity contribution is -0.120. The van der Waals surface area contributed by atoms with E-state index < -0.39 is 5.69 Å². The van der Waals surface area contributed by atoms with E-state index in [2.05, 4.69) is 15.3 Å². The van der Waals surface area contributed by atoms with Gasteiger partial charge >= 0.3 is 5.69 Å². The summed E-state index contributed by atoms with van der Waals surface area (Å²) >= 11 is 11.9. The van der Waals surface area contributed by atoms with Gasteiger partial charge in [-0.05, 0) is 31.5 Å². The normalized spacial score (nSPS) is 10.5. The summed E-state index contributed by atoms with van der Waals surface area (Å²) in [7, 11) is 0. The predicted octanol–water partition coefficient (Wildman–Crippen LogP) is 2.55. The topological polar surface area (TPSA) is 74.8 Å². The number of aromatic nitrogens is 2. The molecule has 0 spiro atoms. The highest BCUT2D eigenvalue weighted by Crippen LogP contribution is 2.20. The van der Waals surface area contributed by atoms with E-state index >= 15 is 0 Å². The van der Waals surface area contributed by atoms with Crippen molar-refractivity contribution in [3.63, 3.8) is 0 Å². The second-order valence-corrected chi connectivity index (χ2v) is 5.76. The molecule has 1 heterocycles. The standard InChI is InChI=1S/C15H15Cl2N3O2/c1-8-12(9(2)20-15(22)19-8)6-14(21)18-7-10-3-4-11(16)5-13(10)17/h3-5H,6-7H2,1-2H3,(H,18,21)(H,19,20,22). The Kier molecular flexibility index (Phi) is 5.21. The van der Waals surface area contributed by atoms with Crippen molar-refractivity contribution in [3.05, 3.63) is 61.2 Å². The molecule has 1 aromatic heterocycles. The van der Waals surface area contributed by atoms with Gasteiger partial charge in [0.1, 0.15) is 0 Å². The zero-order valence-corrected chi connectivity index (χ0v) is 13.7. The number of benzene rings is 1. The molecule has 0 aliphatic carbocycles. The van der Waals surface area contributed by atoms with Crippen LogP contribution in [0.1, 0.15) is 22.5 Å². The number of hydrogen-bond acceptors (Lipinski definition) is 3. The van der Waals surface area contributed by atoms with Crippen LogP contribution in [-0.4, -0.2) is 15.9 Å². The van der Waals surface area contributed by atoms with Gasteiger partial charge in [-0.15, -0.1) is 0 Å². The zero-order valence-electron chi connectivity index (χ0n) is 12.2. The van der Waals surface area contributed by atoms with Crippen LogP contribution in [0.2, 0.25) is 10.0 Å². The summed E-state index contributed by atoms with van der Waals surface area (Å²) in [5.41, 5.74) is 2.30. The predicted molar refractivity (Wildman–Crippen MR) is 86.3 cm³/mol. The highest BCUT2D eigenvalue weighted by molar-refractivity contribution is 6.35. The first kappa shape index (κ1) is 16.5. The van der Waals surface area contributed by atoms with Crippen LogP contribution in [-0.2, 0) is 17.8 Å². The molecule has 0 fully saturated rings. The molecular formula is C15H15Cl2N3O2. The highest BCUT2D eigenvalue weighted by Gasteiger charge is 2.11. The Hall–Kier alpha value is -1.85. The van der Waals surface area contributed by atoms with Gasteiger partial charge in [0, 0.05) is 33.5 Å². The Morgan fingerprint density at radius 2 is 2.05 bits per heavy atom. The molecule has 0 unspecified atom stereocenters. The number of amides is 1. The fraction of sp³-hybridized carbons (Fsp3) is 0.267. The van der Waals surface area contributed by atoms with Crippen LogP contribution in [0.4, 0.5) is 0 Å². The molecule has 22 heavy (non-hydrogen) atoms. The summed E-state index contributed by atoms with van der Waals surface area (Å²) in [5, 5.41) is 3.84. The smallest absolute Gasteiger partial charge is 0.345 e. The quantitative estimate of drug-likeness (QED) is 0.898. The second-order valence-electron chi connectivity index (χ2n) is 4.92. The molecule has 0 atom stereocenters. The van der Waals surface area contributed by atoms with Gasteiger partial charge in [-0.3, -0.25) is 4.79 Å². The van der Waals surface area contributed by atoms with E-state index in [1.54, 1.807) is 32.0 Å². The van der Waals surface area contributed by atoms with Crippen LogP contribution >= 0.6 is 23.2 Å². The first-order valence-electron chi connectivity index (χ1n) is 6.64. The Morgan fingerprint density at radius 3 is 2.68 bits per heavy atom. The fourth-order valence-electron chi connectivity index (χ4n) is 2.10. The number of H-pyrrole nitrogens is 1. The minimum atomic E-state index is -0.410.